The molecule has 0 saturated carbocycles. The second kappa shape index (κ2) is 12.8. The van der Waals surface area contributed by atoms with Gasteiger partial charge in [-0.1, -0.05) is 39.0 Å². The van der Waals surface area contributed by atoms with Crippen LogP contribution in [0.15, 0.2) is 0 Å². The summed E-state index contributed by atoms with van der Waals surface area (Å²) in [5, 5.41) is 0. The van der Waals surface area contributed by atoms with E-state index in [4.69, 9.17) is 14.2 Å². The van der Waals surface area contributed by atoms with Crippen LogP contribution in [0.2, 0.25) is 0 Å². The molecule has 0 unspecified atom stereocenters. The van der Waals surface area contributed by atoms with Crippen LogP contribution < -0.4 is 0 Å². The summed E-state index contributed by atoms with van der Waals surface area (Å²) in [5.74, 6) is -1.18. The third-order valence-corrected chi connectivity index (χ3v) is 4.30. The molecule has 0 amide bonds. The zero-order chi connectivity index (χ0) is 18.4. The Bertz CT molecular complexity index is 375. The second-order valence-electron chi connectivity index (χ2n) is 5.85. The van der Waals surface area contributed by atoms with Crippen molar-refractivity contribution in [3.05, 3.63) is 0 Å². The number of carbonyl (C=O) groups excluding carboxylic acids is 3. The SMILES string of the molecule is CCOC(=O)CCCCCCCCC(CC)(C(=O)OC)C(=O)OC. The zero-order valence-electron chi connectivity index (χ0n) is 15.5. The fourth-order valence-electron chi connectivity index (χ4n) is 2.78. The van der Waals surface area contributed by atoms with E-state index in [9.17, 15) is 14.4 Å². The molecule has 140 valence electrons. The van der Waals surface area contributed by atoms with E-state index in [-0.39, 0.29) is 5.97 Å². The van der Waals surface area contributed by atoms with E-state index >= 15 is 0 Å². The maximum absolute atomic E-state index is 12.0. The van der Waals surface area contributed by atoms with Crippen molar-refractivity contribution in [2.24, 2.45) is 5.41 Å². The van der Waals surface area contributed by atoms with Crippen LogP contribution >= 0.6 is 0 Å². The molecule has 0 fully saturated rings. The van der Waals surface area contributed by atoms with E-state index in [1.807, 2.05) is 0 Å². The van der Waals surface area contributed by atoms with Crippen molar-refractivity contribution in [2.75, 3.05) is 20.8 Å². The lowest BCUT2D eigenvalue weighted by Gasteiger charge is -2.26. The first-order valence-corrected chi connectivity index (χ1v) is 8.80. The molecule has 0 bridgehead atoms. The molecule has 6 heteroatoms. The Morgan fingerprint density at radius 2 is 1.29 bits per heavy atom. The number of rotatable bonds is 13. The van der Waals surface area contributed by atoms with Crippen LogP contribution in [0.1, 0.15) is 71.6 Å². The van der Waals surface area contributed by atoms with Crippen molar-refractivity contribution >= 4 is 17.9 Å². The summed E-state index contributed by atoms with van der Waals surface area (Å²) >= 11 is 0. The van der Waals surface area contributed by atoms with Gasteiger partial charge in [0.2, 0.25) is 0 Å². The molecule has 0 N–H and O–H groups in total. The summed E-state index contributed by atoms with van der Waals surface area (Å²) in [6.07, 6.45) is 6.80. The molecule has 0 aliphatic carbocycles. The number of hydrogen-bond acceptors (Lipinski definition) is 6. The summed E-state index contributed by atoms with van der Waals surface area (Å²) in [4.78, 5) is 35.2. The third-order valence-electron chi connectivity index (χ3n) is 4.30. The van der Waals surface area contributed by atoms with E-state index < -0.39 is 17.4 Å². The van der Waals surface area contributed by atoms with Crippen molar-refractivity contribution in [3.63, 3.8) is 0 Å². The number of carbonyl (C=O) groups is 3. The minimum atomic E-state index is -1.19. The number of unbranched alkanes of at least 4 members (excludes halogenated alkanes) is 5. The van der Waals surface area contributed by atoms with Crippen LogP contribution in [-0.4, -0.2) is 38.7 Å². The topological polar surface area (TPSA) is 78.9 Å². The maximum atomic E-state index is 12.0. The van der Waals surface area contributed by atoms with Gasteiger partial charge in [-0.3, -0.25) is 14.4 Å². The highest BCUT2D eigenvalue weighted by Crippen LogP contribution is 2.32. The third kappa shape index (κ3) is 7.32. The molecule has 0 aromatic heterocycles. The highest BCUT2D eigenvalue weighted by atomic mass is 16.5. The Labute approximate surface area is 145 Å². The van der Waals surface area contributed by atoms with Crippen molar-refractivity contribution in [3.8, 4) is 0 Å². The highest BCUT2D eigenvalue weighted by Gasteiger charge is 2.46. The van der Waals surface area contributed by atoms with Gasteiger partial charge >= 0.3 is 17.9 Å². The number of esters is 3. The molecule has 0 radical (unpaired) electrons. The fourth-order valence-corrected chi connectivity index (χ4v) is 2.78. The molecule has 6 nitrogen and oxygen atoms in total. The van der Waals surface area contributed by atoms with Crippen LogP contribution in [0.3, 0.4) is 0 Å². The fraction of sp³-hybridized carbons (Fsp3) is 0.833. The predicted molar refractivity (Wildman–Crippen MR) is 90.3 cm³/mol. The van der Waals surface area contributed by atoms with Gasteiger partial charge in [0.05, 0.1) is 20.8 Å². The molecular formula is C18H32O6. The van der Waals surface area contributed by atoms with Crippen LogP contribution in [0.25, 0.3) is 0 Å². The summed E-state index contributed by atoms with van der Waals surface area (Å²) < 4.78 is 14.5. The molecule has 0 aromatic carbocycles. The molecule has 0 saturated heterocycles. The lowest BCUT2D eigenvalue weighted by molar-refractivity contribution is -0.170. The Balaban J connectivity index is 4.07. The quantitative estimate of drug-likeness (QED) is 0.220. The minimum absolute atomic E-state index is 0.138. The molecular weight excluding hydrogens is 312 g/mol. The van der Waals surface area contributed by atoms with E-state index in [1.54, 1.807) is 13.8 Å². The van der Waals surface area contributed by atoms with Gasteiger partial charge in [0, 0.05) is 6.42 Å². The van der Waals surface area contributed by atoms with Crippen molar-refractivity contribution in [1.29, 1.82) is 0 Å². The molecule has 0 spiro atoms. The highest BCUT2D eigenvalue weighted by molar-refractivity contribution is 5.99. The molecule has 24 heavy (non-hydrogen) atoms. The number of methoxy groups -OCH3 is 2. The molecule has 0 heterocycles. The van der Waals surface area contributed by atoms with Gasteiger partial charge in [0.1, 0.15) is 0 Å². The first-order chi connectivity index (χ1) is 11.5. The molecule has 0 atom stereocenters. The van der Waals surface area contributed by atoms with Gasteiger partial charge < -0.3 is 14.2 Å². The van der Waals surface area contributed by atoms with Crippen LogP contribution in [0, 0.1) is 5.41 Å². The average molecular weight is 344 g/mol. The molecule has 0 rings (SSSR count). The molecule has 0 aliphatic heterocycles. The lowest BCUT2D eigenvalue weighted by Crippen LogP contribution is -2.40. The molecule has 0 aliphatic rings. The summed E-state index contributed by atoms with van der Waals surface area (Å²) in [6, 6.07) is 0. The summed E-state index contributed by atoms with van der Waals surface area (Å²) in [5.41, 5.74) is -1.19. The predicted octanol–water partition coefficient (Wildman–Crippen LogP) is 3.41. The smallest absolute Gasteiger partial charge is 0.323 e. The monoisotopic (exact) mass is 344 g/mol. The normalized spacial score (nSPS) is 11.0. The lowest BCUT2D eigenvalue weighted by atomic mass is 9.80. The van der Waals surface area contributed by atoms with E-state index in [1.165, 1.54) is 14.2 Å². The summed E-state index contributed by atoms with van der Waals surface area (Å²) in [6.45, 7) is 4.03. The first-order valence-electron chi connectivity index (χ1n) is 8.80. The van der Waals surface area contributed by atoms with Gasteiger partial charge in [0.15, 0.2) is 5.41 Å². The standard InChI is InChI=1S/C18H32O6/c1-5-18(16(20)22-3,17(21)23-4)14-12-10-8-7-9-11-13-15(19)24-6-2/h5-14H2,1-4H3. The zero-order valence-corrected chi connectivity index (χ0v) is 15.5. The van der Waals surface area contributed by atoms with Crippen molar-refractivity contribution in [1.82, 2.24) is 0 Å². The van der Waals surface area contributed by atoms with Crippen LogP contribution in [0.5, 0.6) is 0 Å². The van der Waals surface area contributed by atoms with Crippen LogP contribution in [0.4, 0.5) is 0 Å². The molecule has 0 aromatic rings. The second-order valence-corrected chi connectivity index (χ2v) is 5.85. The van der Waals surface area contributed by atoms with Crippen molar-refractivity contribution < 1.29 is 28.6 Å². The Morgan fingerprint density at radius 3 is 1.75 bits per heavy atom. The van der Waals surface area contributed by atoms with Crippen molar-refractivity contribution in [2.45, 2.75) is 71.6 Å². The van der Waals surface area contributed by atoms with Gasteiger partial charge in [-0.2, -0.15) is 0 Å². The maximum Gasteiger partial charge on any atom is 0.323 e. The Morgan fingerprint density at radius 1 is 0.792 bits per heavy atom. The Kier molecular flexibility index (Phi) is 11.9. The van der Waals surface area contributed by atoms with Gasteiger partial charge in [0.25, 0.3) is 0 Å². The van der Waals surface area contributed by atoms with E-state index in [2.05, 4.69) is 0 Å². The van der Waals surface area contributed by atoms with E-state index in [0.29, 0.717) is 25.9 Å². The number of ether oxygens (including phenoxy) is 3. The van der Waals surface area contributed by atoms with Gasteiger partial charge in [-0.15, -0.1) is 0 Å². The van der Waals surface area contributed by atoms with Gasteiger partial charge in [-0.05, 0) is 26.2 Å². The number of hydrogen-bond donors (Lipinski definition) is 0. The van der Waals surface area contributed by atoms with Crippen LogP contribution in [-0.2, 0) is 28.6 Å². The average Bonchev–Trinajstić information content (AvgIpc) is 2.59. The van der Waals surface area contributed by atoms with E-state index in [0.717, 1.165) is 38.5 Å². The minimum Gasteiger partial charge on any atom is -0.468 e. The Hall–Kier alpha value is -1.59. The first kappa shape index (κ1) is 22.4. The van der Waals surface area contributed by atoms with Gasteiger partial charge in [-0.25, -0.2) is 0 Å². The summed E-state index contributed by atoms with van der Waals surface area (Å²) in [7, 11) is 2.58. The largest absolute Gasteiger partial charge is 0.468 e.